The number of hydrogen-bond donors (Lipinski definition) is 2. The number of aromatic hydroxyl groups is 1. The van der Waals surface area contributed by atoms with Gasteiger partial charge in [0.15, 0.2) is 0 Å². The van der Waals surface area contributed by atoms with Gasteiger partial charge in [-0.25, -0.2) is 4.84 Å². The maximum absolute atomic E-state index is 10.8. The molecule has 0 bridgehead atoms. The number of phenolic OH excluding ortho intramolecular Hbond substituents is 1. The molecule has 2 unspecified atom stereocenters. The quantitative estimate of drug-likeness (QED) is 0.552. The number of rotatable bonds is 3. The fraction of sp³-hybridized carbons (Fsp3) is 0.667. The van der Waals surface area contributed by atoms with E-state index in [9.17, 15) is 5.11 Å². The lowest BCUT2D eigenvalue weighted by Crippen LogP contribution is -2.36. The molecule has 1 saturated carbocycles. The van der Waals surface area contributed by atoms with Gasteiger partial charge in [0, 0.05) is 23.4 Å². The molecule has 25 heavy (non-hydrogen) atoms. The van der Waals surface area contributed by atoms with Crippen LogP contribution < -0.4 is 4.84 Å². The highest BCUT2D eigenvalue weighted by Crippen LogP contribution is 2.37. The van der Waals surface area contributed by atoms with Crippen LogP contribution in [0.15, 0.2) is 17.1 Å². The first-order valence-electron chi connectivity index (χ1n) is 9.31. The van der Waals surface area contributed by atoms with Crippen molar-refractivity contribution in [1.29, 1.82) is 0 Å². The van der Waals surface area contributed by atoms with E-state index in [-0.39, 0.29) is 22.9 Å². The fourth-order valence-corrected chi connectivity index (χ4v) is 3.61. The Bertz CT molecular complexity index is 626. The number of benzene rings is 1. The van der Waals surface area contributed by atoms with Gasteiger partial charge in [-0.1, -0.05) is 60.5 Å². The van der Waals surface area contributed by atoms with Crippen molar-refractivity contribution >= 4 is 18.0 Å². The van der Waals surface area contributed by atoms with E-state index in [1.165, 1.54) is 18.4 Å². The predicted molar refractivity (Wildman–Crippen MR) is 108 cm³/mol. The molecule has 140 valence electrons. The topological polar surface area (TPSA) is 44.6 Å². The summed E-state index contributed by atoms with van der Waals surface area (Å²) in [6, 6.07) is 4.58. The molecule has 1 aliphatic rings. The number of aliphatic imine (C=N–C) groups is 1. The van der Waals surface area contributed by atoms with Crippen LogP contribution in [-0.4, -0.2) is 23.4 Å². The van der Waals surface area contributed by atoms with Crippen LogP contribution >= 0.6 is 11.8 Å². The maximum atomic E-state index is 10.8. The van der Waals surface area contributed by atoms with E-state index < -0.39 is 0 Å². The highest BCUT2D eigenvalue weighted by molar-refractivity contribution is 6.13. The highest BCUT2D eigenvalue weighted by Gasteiger charge is 2.26. The molecule has 0 saturated heterocycles. The van der Waals surface area contributed by atoms with E-state index in [0.717, 1.165) is 24.0 Å². The molecule has 3 nitrogen and oxygen atoms in total. The first kappa shape index (κ1) is 20.3. The van der Waals surface area contributed by atoms with E-state index in [1.54, 1.807) is 0 Å². The van der Waals surface area contributed by atoms with Crippen molar-refractivity contribution in [2.75, 3.05) is 0 Å². The van der Waals surface area contributed by atoms with Gasteiger partial charge < -0.3 is 5.11 Å². The Kier molecular flexibility index (Phi) is 6.22. The number of phenols is 1. The van der Waals surface area contributed by atoms with Gasteiger partial charge >= 0.3 is 0 Å². The standard InChI is InChI=1S/C21H33ClN2O/c1-20(2,3)15-11-14(19(25)16(12-15)21(4,5)6)13-23-17-9-7-8-10-18(17)24-22/h11-13,17-18,24-25H,7-10H2,1-6H3/b23-13+. The highest BCUT2D eigenvalue weighted by atomic mass is 35.5. The van der Waals surface area contributed by atoms with Crippen LogP contribution in [0.25, 0.3) is 0 Å². The summed E-state index contributed by atoms with van der Waals surface area (Å²) >= 11 is 5.88. The summed E-state index contributed by atoms with van der Waals surface area (Å²) in [7, 11) is 0. The molecule has 0 spiro atoms. The zero-order valence-electron chi connectivity index (χ0n) is 16.5. The minimum atomic E-state index is -0.126. The monoisotopic (exact) mass is 364 g/mol. The summed E-state index contributed by atoms with van der Waals surface area (Å²) in [4.78, 5) is 7.65. The largest absolute Gasteiger partial charge is 0.507 e. The van der Waals surface area contributed by atoms with Gasteiger partial charge in [0.05, 0.1) is 6.04 Å². The van der Waals surface area contributed by atoms with Crippen LogP contribution in [-0.2, 0) is 10.8 Å². The molecule has 2 atom stereocenters. The lowest BCUT2D eigenvalue weighted by molar-refractivity contribution is 0.369. The number of nitrogens with one attached hydrogen (secondary N) is 1. The average Bonchev–Trinajstić information content (AvgIpc) is 2.51. The van der Waals surface area contributed by atoms with Gasteiger partial charge in [-0.05, 0) is 47.1 Å². The van der Waals surface area contributed by atoms with Gasteiger partial charge in [-0.15, -0.1) is 0 Å². The second kappa shape index (κ2) is 7.67. The van der Waals surface area contributed by atoms with Crippen molar-refractivity contribution in [1.82, 2.24) is 4.84 Å². The van der Waals surface area contributed by atoms with Crippen LogP contribution in [0.2, 0.25) is 0 Å². The zero-order valence-corrected chi connectivity index (χ0v) is 17.2. The molecule has 2 rings (SSSR count). The normalized spacial score (nSPS) is 22.5. The molecule has 0 amide bonds. The minimum absolute atomic E-state index is 0.0152. The van der Waals surface area contributed by atoms with E-state index in [0.29, 0.717) is 5.75 Å². The molecule has 1 aromatic carbocycles. The lowest BCUT2D eigenvalue weighted by atomic mass is 9.79. The molecule has 1 fully saturated rings. The first-order valence-corrected chi connectivity index (χ1v) is 9.69. The summed E-state index contributed by atoms with van der Waals surface area (Å²) < 4.78 is 0. The molecule has 2 N–H and O–H groups in total. The van der Waals surface area contributed by atoms with Gasteiger partial charge in [-0.2, -0.15) is 0 Å². The number of nitrogens with zero attached hydrogens (tertiary/aromatic N) is 1. The summed E-state index contributed by atoms with van der Waals surface area (Å²) in [5.41, 5.74) is 2.88. The predicted octanol–water partition coefficient (Wildman–Crippen LogP) is 5.46. The summed E-state index contributed by atoms with van der Waals surface area (Å²) in [5.74, 6) is 0.343. The summed E-state index contributed by atoms with van der Waals surface area (Å²) in [6.45, 7) is 13.0. The Morgan fingerprint density at radius 2 is 1.72 bits per heavy atom. The SMILES string of the molecule is CC(C)(C)c1cc(/C=N/C2CCCCC2NCl)c(O)c(C(C)(C)C)c1. The van der Waals surface area contributed by atoms with Crippen molar-refractivity contribution in [3.63, 3.8) is 0 Å². The fourth-order valence-electron chi connectivity index (χ4n) is 3.35. The van der Waals surface area contributed by atoms with Crippen molar-refractivity contribution < 1.29 is 5.11 Å². The average molecular weight is 365 g/mol. The van der Waals surface area contributed by atoms with Crippen LogP contribution in [0, 0.1) is 0 Å². The van der Waals surface area contributed by atoms with Crippen LogP contribution in [0.3, 0.4) is 0 Å². The van der Waals surface area contributed by atoms with E-state index >= 15 is 0 Å². The number of halogens is 1. The third-order valence-corrected chi connectivity index (χ3v) is 5.37. The third-order valence-electron chi connectivity index (χ3n) is 5.09. The van der Waals surface area contributed by atoms with Crippen molar-refractivity contribution in [3.05, 3.63) is 28.8 Å². The molecule has 0 aromatic heterocycles. The molecule has 4 heteroatoms. The molecule has 0 aliphatic heterocycles. The Morgan fingerprint density at radius 3 is 2.28 bits per heavy atom. The van der Waals surface area contributed by atoms with Gasteiger partial charge in [0.2, 0.25) is 0 Å². The Hall–Kier alpha value is -1.06. The molecular weight excluding hydrogens is 332 g/mol. The van der Waals surface area contributed by atoms with Gasteiger partial charge in [-0.3, -0.25) is 4.99 Å². The molecule has 1 aromatic rings. The second-order valence-corrected chi connectivity index (χ2v) is 9.53. The lowest BCUT2D eigenvalue weighted by Gasteiger charge is -2.28. The minimum Gasteiger partial charge on any atom is -0.507 e. The summed E-state index contributed by atoms with van der Waals surface area (Å²) in [5, 5.41) is 10.8. The van der Waals surface area contributed by atoms with Crippen molar-refractivity contribution in [2.24, 2.45) is 4.99 Å². The Morgan fingerprint density at radius 1 is 1.08 bits per heavy atom. The van der Waals surface area contributed by atoms with E-state index in [2.05, 4.69) is 58.5 Å². The third kappa shape index (κ3) is 4.98. The smallest absolute Gasteiger partial charge is 0.128 e. The van der Waals surface area contributed by atoms with Crippen LogP contribution in [0.4, 0.5) is 0 Å². The van der Waals surface area contributed by atoms with Crippen LogP contribution in [0.1, 0.15) is 83.9 Å². The van der Waals surface area contributed by atoms with E-state index in [1.807, 2.05) is 6.21 Å². The number of hydrogen-bond acceptors (Lipinski definition) is 3. The Labute approximate surface area is 158 Å². The van der Waals surface area contributed by atoms with Gasteiger partial charge in [0.25, 0.3) is 0 Å². The molecule has 1 aliphatic carbocycles. The van der Waals surface area contributed by atoms with E-state index in [4.69, 9.17) is 16.8 Å². The molecular formula is C21H33ClN2O. The van der Waals surface area contributed by atoms with Gasteiger partial charge in [0.1, 0.15) is 5.75 Å². The van der Waals surface area contributed by atoms with Crippen molar-refractivity contribution in [2.45, 2.75) is 90.1 Å². The Balaban J connectivity index is 2.43. The van der Waals surface area contributed by atoms with Crippen LogP contribution in [0.5, 0.6) is 5.75 Å². The van der Waals surface area contributed by atoms with Crippen molar-refractivity contribution in [3.8, 4) is 5.75 Å². The second-order valence-electron chi connectivity index (χ2n) is 9.31. The molecule has 0 radical (unpaired) electrons. The first-order chi connectivity index (χ1) is 11.5. The molecule has 0 heterocycles. The summed E-state index contributed by atoms with van der Waals surface area (Å²) in [6.07, 6.45) is 6.30. The zero-order chi connectivity index (χ0) is 18.8. The maximum Gasteiger partial charge on any atom is 0.128 e.